The molecule has 2 aliphatic rings. The molecule has 0 radical (unpaired) electrons. The first kappa shape index (κ1) is 16.4. The van der Waals surface area contributed by atoms with E-state index in [0.29, 0.717) is 11.4 Å². The fourth-order valence-corrected chi connectivity index (χ4v) is 2.08. The van der Waals surface area contributed by atoms with Crippen LogP contribution in [0.15, 0.2) is 48.6 Å². The molecule has 118 valence electrons. The summed E-state index contributed by atoms with van der Waals surface area (Å²) >= 11 is 0. The zero-order valence-corrected chi connectivity index (χ0v) is 12.9. The standard InChI is InChI=1S/C14H8N2O4.C3H8/c17-11-4-5-12(18)15(11)9-2-1-3-10(8-9)16-13(19)6-7-14(16)20;1-3-2/h1-8H;3H2,1-2H3. The summed E-state index contributed by atoms with van der Waals surface area (Å²) in [6.07, 6.45) is 5.93. The van der Waals surface area contributed by atoms with Gasteiger partial charge in [-0.05, 0) is 18.2 Å². The van der Waals surface area contributed by atoms with E-state index in [-0.39, 0.29) is 0 Å². The molecule has 0 spiro atoms. The lowest BCUT2D eigenvalue weighted by Crippen LogP contribution is -2.31. The third-order valence-corrected chi connectivity index (χ3v) is 2.96. The second-order valence-electron chi connectivity index (χ2n) is 4.92. The second-order valence-corrected chi connectivity index (χ2v) is 4.92. The van der Waals surface area contributed by atoms with Gasteiger partial charge in [0.2, 0.25) is 0 Å². The Bertz CT molecular complexity index is 641. The van der Waals surface area contributed by atoms with E-state index in [1.807, 2.05) is 0 Å². The molecule has 2 aliphatic heterocycles. The van der Waals surface area contributed by atoms with Gasteiger partial charge in [0.25, 0.3) is 23.6 Å². The number of amides is 4. The number of nitrogens with zero attached hydrogens (tertiary/aromatic N) is 2. The second kappa shape index (κ2) is 6.83. The van der Waals surface area contributed by atoms with Crippen LogP contribution in [-0.4, -0.2) is 23.6 Å². The molecule has 4 amide bonds. The SMILES string of the molecule is CCC.O=C1C=CC(=O)N1c1cccc(N2C(=O)C=CC2=O)c1. The van der Waals surface area contributed by atoms with Gasteiger partial charge in [0.15, 0.2) is 0 Å². The maximum atomic E-state index is 11.6. The minimum atomic E-state index is -0.454. The lowest BCUT2D eigenvalue weighted by Gasteiger charge is -2.18. The maximum absolute atomic E-state index is 11.6. The normalized spacial score (nSPS) is 16.3. The Balaban J connectivity index is 0.000000595. The molecule has 6 nitrogen and oxygen atoms in total. The van der Waals surface area contributed by atoms with Crippen LogP contribution in [0.4, 0.5) is 11.4 Å². The van der Waals surface area contributed by atoms with Crippen LogP contribution in [0, 0.1) is 0 Å². The predicted octanol–water partition coefficient (Wildman–Crippen LogP) is 1.96. The molecule has 1 aromatic carbocycles. The lowest BCUT2D eigenvalue weighted by atomic mass is 10.2. The van der Waals surface area contributed by atoms with Crippen molar-refractivity contribution in [2.75, 3.05) is 9.80 Å². The Morgan fingerprint density at radius 3 is 1.30 bits per heavy atom. The number of carbonyl (C=O) groups is 4. The van der Waals surface area contributed by atoms with Crippen molar-refractivity contribution in [3.8, 4) is 0 Å². The smallest absolute Gasteiger partial charge is 0.258 e. The summed E-state index contributed by atoms with van der Waals surface area (Å²) in [6, 6.07) is 6.14. The Hall–Kier alpha value is -3.02. The molecule has 0 N–H and O–H groups in total. The highest BCUT2D eigenvalue weighted by atomic mass is 16.2. The van der Waals surface area contributed by atoms with Crippen molar-refractivity contribution < 1.29 is 19.2 Å². The fraction of sp³-hybridized carbons (Fsp3) is 0.176. The van der Waals surface area contributed by atoms with Crippen LogP contribution in [0.25, 0.3) is 0 Å². The van der Waals surface area contributed by atoms with Crippen molar-refractivity contribution in [2.24, 2.45) is 0 Å². The van der Waals surface area contributed by atoms with E-state index in [4.69, 9.17) is 0 Å². The van der Waals surface area contributed by atoms with Crippen LogP contribution in [0.2, 0.25) is 0 Å². The van der Waals surface area contributed by atoms with E-state index in [1.165, 1.54) is 36.8 Å². The topological polar surface area (TPSA) is 74.8 Å². The average molecular weight is 312 g/mol. The Kier molecular flexibility index (Phi) is 4.85. The number of anilines is 2. The van der Waals surface area contributed by atoms with Gasteiger partial charge in [-0.3, -0.25) is 19.2 Å². The highest BCUT2D eigenvalue weighted by molar-refractivity contribution is 6.30. The molecule has 0 unspecified atom stereocenters. The Morgan fingerprint density at radius 1 is 0.696 bits per heavy atom. The van der Waals surface area contributed by atoms with Crippen molar-refractivity contribution in [3.63, 3.8) is 0 Å². The van der Waals surface area contributed by atoms with Gasteiger partial charge in [-0.2, -0.15) is 0 Å². The summed E-state index contributed by atoms with van der Waals surface area (Å²) in [5, 5.41) is 0. The van der Waals surface area contributed by atoms with Gasteiger partial charge >= 0.3 is 0 Å². The molecule has 6 heteroatoms. The van der Waals surface area contributed by atoms with Crippen molar-refractivity contribution in [1.29, 1.82) is 0 Å². The fourth-order valence-electron chi connectivity index (χ4n) is 2.08. The summed E-state index contributed by atoms with van der Waals surface area (Å²) in [5.74, 6) is -1.82. The van der Waals surface area contributed by atoms with Crippen LogP contribution >= 0.6 is 0 Å². The first-order valence-corrected chi connectivity index (χ1v) is 7.22. The third kappa shape index (κ3) is 3.26. The Morgan fingerprint density at radius 2 is 1.00 bits per heavy atom. The highest BCUT2D eigenvalue weighted by Crippen LogP contribution is 2.26. The van der Waals surface area contributed by atoms with Gasteiger partial charge in [-0.1, -0.05) is 26.3 Å². The number of imide groups is 2. The molecule has 1 aromatic rings. The van der Waals surface area contributed by atoms with E-state index in [0.717, 1.165) is 9.80 Å². The Labute approximate surface area is 133 Å². The number of rotatable bonds is 2. The van der Waals surface area contributed by atoms with Gasteiger partial charge < -0.3 is 0 Å². The zero-order valence-electron chi connectivity index (χ0n) is 12.9. The first-order chi connectivity index (χ1) is 11.0. The van der Waals surface area contributed by atoms with E-state index in [9.17, 15) is 19.2 Å². The molecule has 0 fully saturated rings. The van der Waals surface area contributed by atoms with Crippen molar-refractivity contribution in [2.45, 2.75) is 20.3 Å². The van der Waals surface area contributed by atoms with E-state index < -0.39 is 23.6 Å². The molecule has 23 heavy (non-hydrogen) atoms. The van der Waals surface area contributed by atoms with Gasteiger partial charge in [0, 0.05) is 24.3 Å². The van der Waals surface area contributed by atoms with Crippen LogP contribution in [0.5, 0.6) is 0 Å². The van der Waals surface area contributed by atoms with E-state index in [1.54, 1.807) is 18.2 Å². The van der Waals surface area contributed by atoms with Crippen molar-refractivity contribution in [3.05, 3.63) is 48.6 Å². The zero-order chi connectivity index (χ0) is 17.0. The largest absolute Gasteiger partial charge is 0.269 e. The summed E-state index contributed by atoms with van der Waals surface area (Å²) < 4.78 is 0. The van der Waals surface area contributed by atoms with Crippen molar-refractivity contribution >= 4 is 35.0 Å². The molecule has 0 aliphatic carbocycles. The van der Waals surface area contributed by atoms with Crippen LogP contribution < -0.4 is 9.80 Å². The molecular formula is C17H16N2O4. The van der Waals surface area contributed by atoms with Gasteiger partial charge in [-0.25, -0.2) is 9.80 Å². The summed E-state index contributed by atoms with van der Waals surface area (Å²) in [6.45, 7) is 4.25. The third-order valence-electron chi connectivity index (χ3n) is 2.96. The molecule has 0 atom stereocenters. The monoisotopic (exact) mass is 312 g/mol. The summed E-state index contributed by atoms with van der Waals surface area (Å²) in [7, 11) is 0. The van der Waals surface area contributed by atoms with Gasteiger partial charge in [-0.15, -0.1) is 0 Å². The van der Waals surface area contributed by atoms with E-state index in [2.05, 4.69) is 13.8 Å². The number of benzene rings is 1. The van der Waals surface area contributed by atoms with Gasteiger partial charge in [0.05, 0.1) is 11.4 Å². The lowest BCUT2D eigenvalue weighted by molar-refractivity contribution is -0.121. The molecule has 0 aromatic heterocycles. The van der Waals surface area contributed by atoms with Gasteiger partial charge in [0.1, 0.15) is 0 Å². The maximum Gasteiger partial charge on any atom is 0.258 e. The average Bonchev–Trinajstić information content (AvgIpc) is 3.02. The number of hydrogen-bond acceptors (Lipinski definition) is 4. The minimum absolute atomic E-state index is 0.315. The van der Waals surface area contributed by atoms with Crippen LogP contribution in [0.3, 0.4) is 0 Å². The van der Waals surface area contributed by atoms with Crippen LogP contribution in [0.1, 0.15) is 20.3 Å². The molecule has 0 saturated heterocycles. The van der Waals surface area contributed by atoms with Crippen molar-refractivity contribution in [1.82, 2.24) is 0 Å². The summed E-state index contributed by atoms with van der Waals surface area (Å²) in [4.78, 5) is 48.4. The predicted molar refractivity (Wildman–Crippen MR) is 85.7 cm³/mol. The van der Waals surface area contributed by atoms with E-state index >= 15 is 0 Å². The quantitative estimate of drug-likeness (QED) is 0.782. The number of carbonyl (C=O) groups excluding carboxylic acids is 4. The first-order valence-electron chi connectivity index (χ1n) is 7.22. The molecule has 3 rings (SSSR count). The molecular weight excluding hydrogens is 296 g/mol. The molecule has 0 saturated carbocycles. The molecule has 0 bridgehead atoms. The van der Waals surface area contributed by atoms with Crippen LogP contribution in [-0.2, 0) is 19.2 Å². The molecule has 2 heterocycles. The summed E-state index contributed by atoms with van der Waals surface area (Å²) in [5.41, 5.74) is 0.630. The number of hydrogen-bond donors (Lipinski definition) is 0. The minimum Gasteiger partial charge on any atom is -0.269 e. The highest BCUT2D eigenvalue weighted by Gasteiger charge is 2.28.